The Morgan fingerprint density at radius 2 is 1.97 bits per heavy atom. The van der Waals surface area contributed by atoms with Gasteiger partial charge in [0.2, 0.25) is 10.0 Å². The van der Waals surface area contributed by atoms with Gasteiger partial charge in [0, 0.05) is 18.5 Å². The number of sulfonamides is 1. The third kappa shape index (κ3) is 4.67. The predicted molar refractivity (Wildman–Crippen MR) is 137 cm³/mol. The molecule has 36 heavy (non-hydrogen) atoms. The van der Waals surface area contributed by atoms with Gasteiger partial charge in [0.25, 0.3) is 5.56 Å². The van der Waals surface area contributed by atoms with Gasteiger partial charge in [-0.2, -0.15) is 4.31 Å². The van der Waals surface area contributed by atoms with Gasteiger partial charge in [-0.05, 0) is 64.7 Å². The molecular weight excluding hydrogens is 482 g/mol. The number of nitrogens with one attached hydrogen (secondary N) is 1. The fourth-order valence-electron chi connectivity index (χ4n) is 4.99. The van der Waals surface area contributed by atoms with Crippen LogP contribution in [0.4, 0.5) is 0 Å². The molecule has 1 aromatic carbocycles. The van der Waals surface area contributed by atoms with Gasteiger partial charge in [0.15, 0.2) is 11.3 Å². The first-order chi connectivity index (χ1) is 17.1. The number of aromatic nitrogens is 4. The highest BCUT2D eigenvalue weighted by molar-refractivity contribution is 7.89. The average Bonchev–Trinajstić information content (AvgIpc) is 3.16. The SMILES string of the molecule is CCOc1ccc(S(=O)(=O)N2CCC(O)CC2C)cc1-c1nn2c(C(CC)CC)nc(C)c2c(=O)[nH]1. The highest BCUT2D eigenvalue weighted by Gasteiger charge is 2.34. The molecule has 2 atom stereocenters. The maximum Gasteiger partial charge on any atom is 0.277 e. The van der Waals surface area contributed by atoms with E-state index in [4.69, 9.17) is 9.84 Å². The summed E-state index contributed by atoms with van der Waals surface area (Å²) in [5.41, 5.74) is 1.00. The number of aliphatic hydroxyl groups is 1. The van der Waals surface area contributed by atoms with Crippen LogP contribution in [-0.4, -0.2) is 62.7 Å². The van der Waals surface area contributed by atoms with Gasteiger partial charge >= 0.3 is 0 Å². The Labute approximate surface area is 211 Å². The maximum atomic E-state index is 13.6. The zero-order valence-electron chi connectivity index (χ0n) is 21.5. The third-order valence-corrected chi connectivity index (χ3v) is 8.96. The molecule has 1 fully saturated rings. The van der Waals surface area contributed by atoms with Crippen molar-refractivity contribution in [3.05, 3.63) is 40.1 Å². The molecule has 196 valence electrons. The Bertz CT molecular complexity index is 1410. The van der Waals surface area contributed by atoms with Gasteiger partial charge in [-0.3, -0.25) is 4.79 Å². The van der Waals surface area contributed by atoms with E-state index >= 15 is 0 Å². The van der Waals surface area contributed by atoms with E-state index in [9.17, 15) is 18.3 Å². The fraction of sp³-hybridized carbons (Fsp3) is 0.560. The number of hydrogen-bond acceptors (Lipinski definition) is 7. The number of nitrogens with zero attached hydrogens (tertiary/aromatic N) is 4. The molecule has 1 saturated heterocycles. The monoisotopic (exact) mass is 517 g/mol. The lowest BCUT2D eigenvalue weighted by Gasteiger charge is -2.34. The van der Waals surface area contributed by atoms with Crippen LogP contribution in [0, 0.1) is 6.92 Å². The zero-order chi connectivity index (χ0) is 26.2. The Hall–Kier alpha value is -2.76. The van der Waals surface area contributed by atoms with Gasteiger partial charge in [0.1, 0.15) is 11.6 Å². The summed E-state index contributed by atoms with van der Waals surface area (Å²) in [5.74, 6) is 1.46. The molecule has 0 saturated carbocycles. The van der Waals surface area contributed by atoms with E-state index in [1.807, 2.05) is 6.92 Å². The molecule has 1 aliphatic heterocycles. The molecule has 0 bridgehead atoms. The van der Waals surface area contributed by atoms with Crippen LogP contribution >= 0.6 is 0 Å². The number of aliphatic hydroxyl groups excluding tert-OH is 1. The highest BCUT2D eigenvalue weighted by atomic mass is 32.2. The molecule has 10 nitrogen and oxygen atoms in total. The van der Waals surface area contributed by atoms with Crippen molar-refractivity contribution >= 4 is 15.5 Å². The summed E-state index contributed by atoms with van der Waals surface area (Å²) < 4.78 is 35.9. The first-order valence-corrected chi connectivity index (χ1v) is 14.0. The summed E-state index contributed by atoms with van der Waals surface area (Å²) >= 11 is 0. The van der Waals surface area contributed by atoms with Crippen LogP contribution in [0.3, 0.4) is 0 Å². The molecule has 2 aromatic heterocycles. The van der Waals surface area contributed by atoms with Crippen LogP contribution in [-0.2, 0) is 10.0 Å². The smallest absolute Gasteiger partial charge is 0.277 e. The highest BCUT2D eigenvalue weighted by Crippen LogP contribution is 2.33. The predicted octanol–water partition coefficient (Wildman–Crippen LogP) is 3.23. The van der Waals surface area contributed by atoms with E-state index in [0.29, 0.717) is 47.8 Å². The lowest BCUT2D eigenvalue weighted by Crippen LogP contribution is -2.45. The van der Waals surface area contributed by atoms with Crippen molar-refractivity contribution in [3.63, 3.8) is 0 Å². The molecule has 0 amide bonds. The number of rotatable bonds is 8. The van der Waals surface area contributed by atoms with Crippen molar-refractivity contribution in [1.29, 1.82) is 0 Å². The van der Waals surface area contributed by atoms with Crippen LogP contribution < -0.4 is 10.3 Å². The Morgan fingerprint density at radius 1 is 1.25 bits per heavy atom. The molecule has 3 heterocycles. The van der Waals surface area contributed by atoms with E-state index < -0.39 is 16.1 Å². The summed E-state index contributed by atoms with van der Waals surface area (Å²) in [7, 11) is -3.85. The summed E-state index contributed by atoms with van der Waals surface area (Å²) in [6.45, 7) is 10.1. The standard InChI is InChI=1S/C25H35N5O5S/c1-6-17(7-2)24-26-16(5)22-25(32)27-23(28-30(22)24)20-14-19(9-10-21(20)35-8-3)36(33,34)29-12-11-18(31)13-15(29)4/h9-10,14-15,17-18,31H,6-8,11-13H2,1-5H3,(H,27,28,32). The van der Waals surface area contributed by atoms with Crippen molar-refractivity contribution in [1.82, 2.24) is 23.9 Å². The first-order valence-electron chi connectivity index (χ1n) is 12.6. The van der Waals surface area contributed by atoms with Crippen molar-refractivity contribution in [2.24, 2.45) is 0 Å². The third-order valence-electron chi connectivity index (χ3n) is 6.95. The van der Waals surface area contributed by atoms with E-state index in [2.05, 4.69) is 23.8 Å². The lowest BCUT2D eigenvalue weighted by molar-refractivity contribution is 0.0867. The number of ether oxygens (including phenoxy) is 1. The normalized spacial score (nSPS) is 19.3. The summed E-state index contributed by atoms with van der Waals surface area (Å²) in [6, 6.07) is 4.28. The van der Waals surface area contributed by atoms with Crippen LogP contribution in [0.5, 0.6) is 5.75 Å². The molecule has 2 N–H and O–H groups in total. The number of H-pyrrole nitrogens is 1. The van der Waals surface area contributed by atoms with E-state index in [0.717, 1.165) is 12.8 Å². The minimum absolute atomic E-state index is 0.0777. The second kappa shape index (κ2) is 10.3. The number of aromatic amines is 1. The van der Waals surface area contributed by atoms with Gasteiger partial charge in [-0.15, -0.1) is 5.10 Å². The van der Waals surface area contributed by atoms with Crippen molar-refractivity contribution in [2.45, 2.75) is 83.3 Å². The van der Waals surface area contributed by atoms with Crippen molar-refractivity contribution in [3.8, 4) is 17.1 Å². The fourth-order valence-corrected chi connectivity index (χ4v) is 6.67. The molecule has 0 spiro atoms. The summed E-state index contributed by atoms with van der Waals surface area (Å²) in [6.07, 6.45) is 1.95. The molecule has 0 radical (unpaired) electrons. The number of benzene rings is 1. The number of piperidine rings is 1. The first kappa shape index (κ1) is 26.3. The van der Waals surface area contributed by atoms with Crippen molar-refractivity contribution in [2.75, 3.05) is 13.2 Å². The molecule has 1 aliphatic rings. The van der Waals surface area contributed by atoms with Crippen LogP contribution in [0.25, 0.3) is 16.9 Å². The average molecular weight is 518 g/mol. The Kier molecular flexibility index (Phi) is 7.53. The molecular formula is C25H35N5O5S. The van der Waals surface area contributed by atoms with Gasteiger partial charge in [-0.25, -0.2) is 17.9 Å². The Balaban J connectivity index is 1.89. The number of fused-ring (bicyclic) bond motifs is 1. The van der Waals surface area contributed by atoms with E-state index in [1.54, 1.807) is 24.4 Å². The minimum Gasteiger partial charge on any atom is -0.493 e. The largest absolute Gasteiger partial charge is 0.493 e. The van der Waals surface area contributed by atoms with Crippen LogP contribution in [0.2, 0.25) is 0 Å². The zero-order valence-corrected chi connectivity index (χ0v) is 22.3. The second-order valence-electron chi connectivity index (χ2n) is 9.37. The van der Waals surface area contributed by atoms with E-state index in [1.165, 1.54) is 16.4 Å². The number of imidazole rings is 1. The molecule has 2 unspecified atom stereocenters. The molecule has 3 aromatic rings. The molecule has 4 rings (SSSR count). The van der Waals surface area contributed by atoms with Gasteiger partial charge in [-0.1, -0.05) is 13.8 Å². The Morgan fingerprint density at radius 3 is 2.61 bits per heavy atom. The summed E-state index contributed by atoms with van der Waals surface area (Å²) in [4.78, 5) is 20.7. The van der Waals surface area contributed by atoms with Gasteiger partial charge in [0.05, 0.1) is 28.9 Å². The van der Waals surface area contributed by atoms with Crippen LogP contribution in [0.1, 0.15) is 70.8 Å². The number of aryl methyl sites for hydroxylation is 1. The number of hydrogen-bond donors (Lipinski definition) is 2. The summed E-state index contributed by atoms with van der Waals surface area (Å²) in [5, 5.41) is 14.7. The maximum absolute atomic E-state index is 13.6. The van der Waals surface area contributed by atoms with Crippen molar-refractivity contribution < 1.29 is 18.3 Å². The topological polar surface area (TPSA) is 130 Å². The minimum atomic E-state index is -3.85. The second-order valence-corrected chi connectivity index (χ2v) is 11.3. The molecule has 11 heteroatoms. The van der Waals surface area contributed by atoms with Crippen LogP contribution in [0.15, 0.2) is 27.9 Å². The van der Waals surface area contributed by atoms with Gasteiger partial charge < -0.3 is 14.8 Å². The molecule has 0 aliphatic carbocycles. The van der Waals surface area contributed by atoms with E-state index in [-0.39, 0.29) is 34.8 Å². The quantitative estimate of drug-likeness (QED) is 0.469. The lowest BCUT2D eigenvalue weighted by atomic mass is 10.0.